The van der Waals surface area contributed by atoms with Crippen molar-refractivity contribution < 1.29 is 30.7 Å². The van der Waals surface area contributed by atoms with Crippen LogP contribution in [0.3, 0.4) is 0 Å². The van der Waals surface area contributed by atoms with Crippen LogP contribution in [0.4, 0.5) is 0 Å². The molecule has 0 heterocycles. The number of hydrogen-bond acceptors (Lipinski definition) is 5. The average molecular weight is 691 g/mol. The summed E-state index contributed by atoms with van der Waals surface area (Å²) in [5.74, 6) is 0.370. The van der Waals surface area contributed by atoms with Crippen LogP contribution >= 0.6 is 0 Å². The Morgan fingerprint density at radius 1 is 0.457 bits per heavy atom. The molecule has 2 aromatic carbocycles. The number of unbranched alkanes of at least 4 members (excludes halogenated alkanes) is 18. The third-order valence-corrected chi connectivity index (χ3v) is 10.0. The monoisotopic (exact) mass is 690 g/mol. The van der Waals surface area contributed by atoms with Crippen molar-refractivity contribution in [2.75, 3.05) is 0 Å². The fraction of sp³-hybridized carbons (Fsp3) is 0.667. The van der Waals surface area contributed by atoms with Crippen LogP contribution in [0.5, 0.6) is 11.5 Å². The van der Waals surface area contributed by atoms with Gasteiger partial charge >= 0.3 is 29.6 Å². The van der Waals surface area contributed by atoms with Crippen LogP contribution in [0, 0.1) is 0 Å². The van der Waals surface area contributed by atoms with Crippen LogP contribution in [-0.2, 0) is 33.1 Å². The van der Waals surface area contributed by atoms with Crippen molar-refractivity contribution in [3.05, 3.63) is 47.5 Å². The SMILES string of the molecule is CCCCCCCCCCCCc1cc(Oc2cc(CCCCCCCCCCCC)cc(S(=O)(=O)O)c2)cc(S(=O)(=O)O)c1.[NaH]. The van der Waals surface area contributed by atoms with Gasteiger partial charge in [0, 0.05) is 12.1 Å². The standard InChI is InChI=1S/C36H58O7S2.Na.H/c1-3-5-7-9-11-13-15-17-19-21-23-31-25-33(29-35(27-31)44(37,38)39)43-34-26-32(28-36(30-34)45(40,41)42)24-22-20-18-16-14-12-10-8-6-4-2;;/h25-30H,3-24H2,1-2H3,(H,37,38,39)(H,40,41,42);;. The summed E-state index contributed by atoms with van der Waals surface area (Å²) in [6, 6.07) is 8.84. The van der Waals surface area contributed by atoms with Crippen LogP contribution in [0.15, 0.2) is 46.2 Å². The molecule has 46 heavy (non-hydrogen) atoms. The number of aryl methyl sites for hydroxylation is 2. The molecule has 0 amide bonds. The van der Waals surface area contributed by atoms with Crippen molar-refractivity contribution >= 4 is 49.8 Å². The fourth-order valence-corrected chi connectivity index (χ4v) is 6.87. The molecular weight excluding hydrogens is 632 g/mol. The Hall–Kier alpha value is -0.940. The summed E-state index contributed by atoms with van der Waals surface area (Å²) >= 11 is 0. The molecule has 0 saturated carbocycles. The van der Waals surface area contributed by atoms with E-state index in [4.69, 9.17) is 4.74 Å². The topological polar surface area (TPSA) is 118 Å². The second-order valence-corrected chi connectivity index (χ2v) is 15.4. The zero-order valence-electron chi connectivity index (χ0n) is 27.8. The first-order chi connectivity index (χ1) is 21.5. The summed E-state index contributed by atoms with van der Waals surface area (Å²) < 4.78 is 73.6. The second-order valence-electron chi connectivity index (χ2n) is 12.5. The molecular formula is C36H59NaO7S2. The summed E-state index contributed by atoms with van der Waals surface area (Å²) in [7, 11) is -8.95. The van der Waals surface area contributed by atoms with Crippen molar-refractivity contribution in [3.8, 4) is 11.5 Å². The van der Waals surface area contributed by atoms with E-state index in [1.54, 1.807) is 12.1 Å². The molecule has 0 saturated heterocycles. The Bertz CT molecular complexity index is 1230. The van der Waals surface area contributed by atoms with Crippen LogP contribution in [0.1, 0.15) is 153 Å². The van der Waals surface area contributed by atoms with E-state index in [1.807, 2.05) is 0 Å². The van der Waals surface area contributed by atoms with E-state index in [9.17, 15) is 25.9 Å². The molecule has 2 N–H and O–H groups in total. The first-order valence-corrected chi connectivity index (χ1v) is 20.3. The average Bonchev–Trinajstić information content (AvgIpc) is 2.98. The molecule has 0 bridgehead atoms. The van der Waals surface area contributed by atoms with Gasteiger partial charge in [-0.25, -0.2) is 0 Å². The summed E-state index contributed by atoms with van der Waals surface area (Å²) in [4.78, 5) is -0.530. The van der Waals surface area contributed by atoms with E-state index in [2.05, 4.69) is 13.8 Å². The maximum absolute atomic E-state index is 12.0. The van der Waals surface area contributed by atoms with E-state index >= 15 is 0 Å². The van der Waals surface area contributed by atoms with Crippen LogP contribution in [0.25, 0.3) is 0 Å². The zero-order chi connectivity index (χ0) is 33.0. The minimum absolute atomic E-state index is 0. The minimum atomic E-state index is -4.48. The quantitative estimate of drug-likeness (QED) is 0.0573. The Kier molecular flexibility index (Phi) is 22.7. The molecule has 2 aromatic rings. The van der Waals surface area contributed by atoms with E-state index in [0.717, 1.165) is 49.7 Å². The Balaban J connectivity index is 0.0000106. The van der Waals surface area contributed by atoms with Gasteiger partial charge in [0.2, 0.25) is 0 Å². The molecule has 2 rings (SSSR count). The van der Waals surface area contributed by atoms with E-state index < -0.39 is 20.2 Å². The molecule has 0 unspecified atom stereocenters. The van der Waals surface area contributed by atoms with Crippen molar-refractivity contribution in [1.82, 2.24) is 0 Å². The molecule has 7 nitrogen and oxygen atoms in total. The van der Waals surface area contributed by atoms with Gasteiger partial charge in [-0.05, 0) is 61.1 Å². The molecule has 0 spiro atoms. The molecule has 0 atom stereocenters. The number of hydrogen-bond donors (Lipinski definition) is 2. The Labute approximate surface area is 302 Å². The van der Waals surface area contributed by atoms with Gasteiger partial charge in [0.15, 0.2) is 0 Å². The van der Waals surface area contributed by atoms with E-state index in [-0.39, 0.29) is 50.8 Å². The molecule has 0 radical (unpaired) electrons. The van der Waals surface area contributed by atoms with Crippen LogP contribution < -0.4 is 4.74 Å². The fourth-order valence-electron chi connectivity index (χ4n) is 5.73. The molecule has 10 heteroatoms. The zero-order valence-corrected chi connectivity index (χ0v) is 29.4. The molecule has 258 valence electrons. The first-order valence-electron chi connectivity index (χ1n) is 17.4. The van der Waals surface area contributed by atoms with Gasteiger partial charge in [0.1, 0.15) is 11.5 Å². The number of ether oxygens (including phenoxy) is 1. The number of benzene rings is 2. The predicted octanol–water partition coefficient (Wildman–Crippen LogP) is 10.3. The van der Waals surface area contributed by atoms with E-state index in [0.29, 0.717) is 12.8 Å². The van der Waals surface area contributed by atoms with Crippen LogP contribution in [0.2, 0.25) is 0 Å². The Morgan fingerprint density at radius 2 is 0.739 bits per heavy atom. The van der Waals surface area contributed by atoms with Gasteiger partial charge in [-0.3, -0.25) is 9.11 Å². The van der Waals surface area contributed by atoms with Crippen molar-refractivity contribution in [2.24, 2.45) is 0 Å². The van der Waals surface area contributed by atoms with Gasteiger partial charge in [-0.15, -0.1) is 0 Å². The summed E-state index contributed by atoms with van der Waals surface area (Å²) in [6.45, 7) is 4.44. The molecule has 0 aliphatic heterocycles. The summed E-state index contributed by atoms with van der Waals surface area (Å²) in [6.07, 6.45) is 25.1. The molecule has 0 aromatic heterocycles. The third-order valence-electron chi connectivity index (χ3n) is 8.35. The number of rotatable bonds is 26. The van der Waals surface area contributed by atoms with Gasteiger partial charge in [-0.2, -0.15) is 16.8 Å². The predicted molar refractivity (Wildman–Crippen MR) is 191 cm³/mol. The normalized spacial score (nSPS) is 11.8. The molecule has 0 aliphatic rings. The Morgan fingerprint density at radius 3 is 1.02 bits per heavy atom. The van der Waals surface area contributed by atoms with Gasteiger partial charge in [-0.1, -0.05) is 129 Å². The van der Waals surface area contributed by atoms with Crippen LogP contribution in [-0.4, -0.2) is 55.5 Å². The van der Waals surface area contributed by atoms with Crippen molar-refractivity contribution in [2.45, 2.75) is 165 Å². The van der Waals surface area contributed by atoms with Gasteiger partial charge in [0.05, 0.1) is 9.79 Å². The van der Waals surface area contributed by atoms with Gasteiger partial charge < -0.3 is 4.74 Å². The van der Waals surface area contributed by atoms with Gasteiger partial charge in [0.25, 0.3) is 20.2 Å². The molecule has 0 aliphatic carbocycles. The van der Waals surface area contributed by atoms with E-state index in [1.165, 1.54) is 114 Å². The maximum atomic E-state index is 12.0. The second kappa shape index (κ2) is 24.2. The summed E-state index contributed by atoms with van der Waals surface area (Å²) in [5, 5.41) is 0. The van der Waals surface area contributed by atoms with Crippen molar-refractivity contribution in [1.29, 1.82) is 0 Å². The van der Waals surface area contributed by atoms with Crippen molar-refractivity contribution in [3.63, 3.8) is 0 Å². The first kappa shape index (κ1) is 43.1. The molecule has 0 fully saturated rings. The third kappa shape index (κ3) is 19.2. The summed E-state index contributed by atoms with van der Waals surface area (Å²) in [5.41, 5.74) is 1.44.